The first-order valence-electron chi connectivity index (χ1n) is 8.94. The highest BCUT2D eigenvalue weighted by atomic mass is 16.6. The molecule has 0 spiro atoms. The molecule has 0 saturated carbocycles. The second-order valence-electron chi connectivity index (χ2n) is 9.27. The van der Waals surface area contributed by atoms with Crippen molar-refractivity contribution in [2.45, 2.75) is 66.0 Å². The van der Waals surface area contributed by atoms with Crippen LogP contribution in [0, 0.1) is 11.3 Å². The lowest BCUT2D eigenvalue weighted by Gasteiger charge is -2.53. The van der Waals surface area contributed by atoms with Gasteiger partial charge in [-0.1, -0.05) is 51.1 Å². The first-order chi connectivity index (χ1) is 10.9. The third kappa shape index (κ3) is 4.18. The first-order valence-corrected chi connectivity index (χ1v) is 8.94. The molecular formula is C21H33NO2. The summed E-state index contributed by atoms with van der Waals surface area (Å²) in [6, 6.07) is 10.3. The van der Waals surface area contributed by atoms with E-state index >= 15 is 0 Å². The van der Waals surface area contributed by atoms with E-state index in [2.05, 4.69) is 58.6 Å². The lowest BCUT2D eigenvalue weighted by Crippen LogP contribution is -2.59. The van der Waals surface area contributed by atoms with Gasteiger partial charge in [0.2, 0.25) is 0 Å². The molecule has 1 aliphatic heterocycles. The molecular weight excluding hydrogens is 298 g/mol. The van der Waals surface area contributed by atoms with E-state index in [0.29, 0.717) is 5.92 Å². The highest BCUT2D eigenvalue weighted by molar-refractivity contribution is 5.67. The number of benzene rings is 1. The third-order valence-electron chi connectivity index (χ3n) is 5.28. The van der Waals surface area contributed by atoms with Crippen LogP contribution in [-0.2, 0) is 15.1 Å². The lowest BCUT2D eigenvalue weighted by molar-refractivity contribution is -0.175. The Morgan fingerprint density at radius 2 is 1.71 bits per heavy atom. The molecule has 0 aliphatic carbocycles. The third-order valence-corrected chi connectivity index (χ3v) is 5.28. The Balaban J connectivity index is 2.52. The Labute approximate surface area is 147 Å². The number of rotatable bonds is 2. The molecule has 1 aliphatic rings. The van der Waals surface area contributed by atoms with Gasteiger partial charge in [-0.25, -0.2) is 0 Å². The van der Waals surface area contributed by atoms with Gasteiger partial charge in [-0.05, 0) is 44.1 Å². The molecule has 0 radical (unpaired) electrons. The molecule has 3 nitrogen and oxygen atoms in total. The van der Waals surface area contributed by atoms with Gasteiger partial charge in [-0.3, -0.25) is 9.69 Å². The van der Waals surface area contributed by atoms with Crippen molar-refractivity contribution in [2.75, 3.05) is 13.1 Å². The van der Waals surface area contributed by atoms with Crippen LogP contribution in [0.1, 0.15) is 60.5 Å². The van der Waals surface area contributed by atoms with Crippen molar-refractivity contribution in [1.29, 1.82) is 0 Å². The number of ether oxygens (including phenoxy) is 1. The fourth-order valence-electron chi connectivity index (χ4n) is 3.62. The first kappa shape index (κ1) is 19.0. The quantitative estimate of drug-likeness (QED) is 0.741. The van der Waals surface area contributed by atoms with Crippen LogP contribution in [-0.4, -0.2) is 29.5 Å². The van der Waals surface area contributed by atoms with Gasteiger partial charge in [0.15, 0.2) is 0 Å². The van der Waals surface area contributed by atoms with Crippen LogP contribution in [0.25, 0.3) is 0 Å². The van der Waals surface area contributed by atoms with Gasteiger partial charge in [0, 0.05) is 25.6 Å². The van der Waals surface area contributed by atoms with E-state index in [0.717, 1.165) is 25.1 Å². The molecule has 2 rings (SSSR count). The van der Waals surface area contributed by atoms with Crippen LogP contribution in [0.15, 0.2) is 30.3 Å². The molecule has 1 fully saturated rings. The molecule has 0 bridgehead atoms. The summed E-state index contributed by atoms with van der Waals surface area (Å²) in [5, 5.41) is 0. The average Bonchev–Trinajstić information content (AvgIpc) is 2.45. The van der Waals surface area contributed by atoms with E-state index in [4.69, 9.17) is 4.74 Å². The van der Waals surface area contributed by atoms with Crippen LogP contribution < -0.4 is 0 Å². The summed E-state index contributed by atoms with van der Waals surface area (Å²) in [5.74, 6) is 0.243. The molecule has 1 aromatic rings. The van der Waals surface area contributed by atoms with Crippen molar-refractivity contribution in [3.63, 3.8) is 0 Å². The molecule has 0 unspecified atom stereocenters. The number of piperidine rings is 1. The van der Waals surface area contributed by atoms with Gasteiger partial charge in [-0.2, -0.15) is 0 Å². The summed E-state index contributed by atoms with van der Waals surface area (Å²) in [5.41, 5.74) is 0.716. The number of carbonyl (C=O) groups excluding carboxylic acids is 1. The summed E-state index contributed by atoms with van der Waals surface area (Å²) in [7, 11) is 0. The summed E-state index contributed by atoms with van der Waals surface area (Å²) in [4.78, 5) is 14.4. The molecule has 1 aromatic carbocycles. The topological polar surface area (TPSA) is 29.5 Å². The Bertz CT molecular complexity index is 544. The van der Waals surface area contributed by atoms with Gasteiger partial charge in [0.1, 0.15) is 5.60 Å². The van der Waals surface area contributed by atoms with Crippen LogP contribution in [0.2, 0.25) is 0 Å². The van der Waals surface area contributed by atoms with E-state index in [1.54, 1.807) is 0 Å². The Morgan fingerprint density at radius 1 is 1.12 bits per heavy atom. The summed E-state index contributed by atoms with van der Waals surface area (Å²) in [6.45, 7) is 16.9. The van der Waals surface area contributed by atoms with E-state index < -0.39 is 5.60 Å². The van der Waals surface area contributed by atoms with Crippen LogP contribution in [0.5, 0.6) is 0 Å². The van der Waals surface area contributed by atoms with E-state index in [1.165, 1.54) is 6.92 Å². The molecule has 1 saturated heterocycles. The summed E-state index contributed by atoms with van der Waals surface area (Å²) >= 11 is 0. The zero-order chi connectivity index (χ0) is 18.2. The number of likely N-dealkylation sites (tertiary alicyclic amines) is 1. The second kappa shape index (κ2) is 6.51. The highest BCUT2D eigenvalue weighted by Crippen LogP contribution is 2.45. The van der Waals surface area contributed by atoms with Crippen molar-refractivity contribution in [1.82, 2.24) is 4.90 Å². The fourth-order valence-corrected chi connectivity index (χ4v) is 3.62. The highest BCUT2D eigenvalue weighted by Gasteiger charge is 2.48. The van der Waals surface area contributed by atoms with Crippen LogP contribution in [0.3, 0.4) is 0 Å². The van der Waals surface area contributed by atoms with Gasteiger partial charge >= 0.3 is 5.97 Å². The van der Waals surface area contributed by atoms with Crippen molar-refractivity contribution in [2.24, 2.45) is 11.3 Å². The fraction of sp³-hybridized carbons (Fsp3) is 0.667. The minimum absolute atomic E-state index is 0.0318. The monoisotopic (exact) mass is 331 g/mol. The predicted octanol–water partition coefficient (Wildman–Crippen LogP) is 4.61. The van der Waals surface area contributed by atoms with Crippen molar-refractivity contribution in [3.8, 4) is 0 Å². The van der Waals surface area contributed by atoms with Crippen LogP contribution >= 0.6 is 0 Å². The minimum atomic E-state index is -0.573. The molecule has 134 valence electrons. The summed E-state index contributed by atoms with van der Waals surface area (Å²) < 4.78 is 6.04. The number of carbonyl (C=O) groups is 1. The molecule has 0 aromatic heterocycles. The predicted molar refractivity (Wildman–Crippen MR) is 98.8 cm³/mol. The van der Waals surface area contributed by atoms with Gasteiger partial charge in [0.25, 0.3) is 0 Å². The van der Waals surface area contributed by atoms with Crippen molar-refractivity contribution in [3.05, 3.63) is 35.9 Å². The largest absolute Gasteiger partial charge is 0.453 e. The molecule has 0 N–H and O–H groups in total. The molecule has 2 atom stereocenters. The number of nitrogens with zero attached hydrogens (tertiary/aromatic N) is 1. The average molecular weight is 332 g/mol. The minimum Gasteiger partial charge on any atom is -0.453 e. The van der Waals surface area contributed by atoms with E-state index in [-0.39, 0.29) is 16.9 Å². The Hall–Kier alpha value is -1.35. The van der Waals surface area contributed by atoms with Gasteiger partial charge < -0.3 is 4.74 Å². The van der Waals surface area contributed by atoms with Crippen LogP contribution in [0.4, 0.5) is 0 Å². The SMILES string of the molecule is CC(=O)O[C@@]1(c2ccccc2)C[C@H](C(C)(C)C)CN(C(C)(C)C)C1. The lowest BCUT2D eigenvalue weighted by atomic mass is 9.69. The maximum Gasteiger partial charge on any atom is 0.303 e. The van der Waals surface area contributed by atoms with E-state index in [1.807, 2.05) is 18.2 Å². The maximum atomic E-state index is 12.0. The molecule has 3 heteroatoms. The maximum absolute atomic E-state index is 12.0. The van der Waals surface area contributed by atoms with E-state index in [9.17, 15) is 4.79 Å². The number of hydrogen-bond acceptors (Lipinski definition) is 3. The number of esters is 1. The number of hydrogen-bond donors (Lipinski definition) is 0. The summed E-state index contributed by atoms with van der Waals surface area (Å²) in [6.07, 6.45) is 0.868. The zero-order valence-electron chi connectivity index (χ0n) is 16.3. The normalized spacial score (nSPS) is 26.2. The zero-order valence-corrected chi connectivity index (χ0v) is 16.3. The van der Waals surface area contributed by atoms with Crippen molar-refractivity contribution >= 4 is 5.97 Å². The molecule has 24 heavy (non-hydrogen) atoms. The van der Waals surface area contributed by atoms with Crippen molar-refractivity contribution < 1.29 is 9.53 Å². The molecule has 0 amide bonds. The smallest absolute Gasteiger partial charge is 0.303 e. The van der Waals surface area contributed by atoms with Gasteiger partial charge in [-0.15, -0.1) is 0 Å². The Kier molecular flexibility index (Phi) is 5.15. The Morgan fingerprint density at radius 3 is 2.17 bits per heavy atom. The molecule has 1 heterocycles. The second-order valence-corrected chi connectivity index (χ2v) is 9.27. The standard InChI is InChI=1S/C21H33NO2/c1-16(23)24-21(17-11-9-8-10-12-17)13-18(19(2,3)4)14-22(15-21)20(5,6)7/h8-12,18H,13-15H2,1-7H3/t18-,21-/m0/s1. The van der Waals surface area contributed by atoms with Gasteiger partial charge in [0.05, 0.1) is 0 Å².